The Morgan fingerprint density at radius 2 is 2.17 bits per heavy atom. The van der Waals surface area contributed by atoms with E-state index in [4.69, 9.17) is 4.74 Å². The summed E-state index contributed by atoms with van der Waals surface area (Å²) in [5.74, 6) is 0.672. The van der Waals surface area contributed by atoms with Gasteiger partial charge < -0.3 is 15.4 Å². The van der Waals surface area contributed by atoms with Crippen LogP contribution in [0.15, 0.2) is 36.9 Å². The Morgan fingerprint density at radius 3 is 2.74 bits per heavy atom. The van der Waals surface area contributed by atoms with Crippen LogP contribution in [0.5, 0.6) is 5.75 Å². The Balaban J connectivity index is 1.98. The monoisotopic (exact) mass is 317 g/mol. The molecule has 1 fully saturated rings. The molecule has 1 aromatic rings. The van der Waals surface area contributed by atoms with Crippen molar-refractivity contribution in [2.24, 2.45) is 0 Å². The fraction of sp³-hybridized carbons (Fsp3) is 0.412. The quantitative estimate of drug-likeness (QED) is 0.753. The molecule has 2 N–H and O–H groups in total. The van der Waals surface area contributed by atoms with Crippen molar-refractivity contribution in [2.75, 3.05) is 26.7 Å². The zero-order valence-electron chi connectivity index (χ0n) is 13.4. The third-order valence-electron chi connectivity index (χ3n) is 3.80. The van der Waals surface area contributed by atoms with Gasteiger partial charge in [0.15, 0.2) is 0 Å². The first-order chi connectivity index (χ1) is 11.2. The Labute approximate surface area is 136 Å². The van der Waals surface area contributed by atoms with Crippen molar-refractivity contribution >= 4 is 11.9 Å². The molecule has 6 heteroatoms. The van der Waals surface area contributed by atoms with Crippen LogP contribution in [0, 0.1) is 0 Å². The van der Waals surface area contributed by atoms with Crippen molar-refractivity contribution in [2.45, 2.75) is 18.9 Å². The molecule has 0 aromatic heterocycles. The number of carbonyl (C=O) groups is 2. The molecule has 1 aliphatic rings. The lowest BCUT2D eigenvalue weighted by molar-refractivity contribution is -0.125. The molecule has 23 heavy (non-hydrogen) atoms. The van der Waals surface area contributed by atoms with Crippen LogP contribution in [0.4, 0.5) is 4.79 Å². The van der Waals surface area contributed by atoms with E-state index in [0.717, 1.165) is 17.7 Å². The number of hydrogen-bond donors (Lipinski definition) is 2. The lowest BCUT2D eigenvalue weighted by Crippen LogP contribution is -2.44. The van der Waals surface area contributed by atoms with E-state index in [-0.39, 0.29) is 18.0 Å². The number of hydrogen-bond acceptors (Lipinski definition) is 4. The molecule has 0 saturated carbocycles. The normalized spacial score (nSPS) is 15.3. The van der Waals surface area contributed by atoms with E-state index in [1.807, 2.05) is 24.3 Å². The van der Waals surface area contributed by atoms with Gasteiger partial charge in [-0.2, -0.15) is 0 Å². The number of rotatable bonds is 7. The van der Waals surface area contributed by atoms with Crippen LogP contribution in [0.3, 0.4) is 0 Å². The average Bonchev–Trinajstić information content (AvgIpc) is 3.01. The number of nitrogens with zero attached hydrogens (tertiary/aromatic N) is 1. The summed E-state index contributed by atoms with van der Waals surface area (Å²) < 4.78 is 5.16. The van der Waals surface area contributed by atoms with Gasteiger partial charge in [0.05, 0.1) is 7.11 Å². The van der Waals surface area contributed by atoms with E-state index >= 15 is 0 Å². The largest absolute Gasteiger partial charge is 0.497 e. The highest BCUT2D eigenvalue weighted by atomic mass is 16.5. The van der Waals surface area contributed by atoms with Crippen molar-refractivity contribution in [3.63, 3.8) is 0 Å². The maximum atomic E-state index is 12.1. The number of urea groups is 1. The Kier molecular flexibility index (Phi) is 6.17. The number of methoxy groups -OCH3 is 1. The molecule has 6 nitrogen and oxygen atoms in total. The van der Waals surface area contributed by atoms with Gasteiger partial charge in [0.1, 0.15) is 5.75 Å². The summed E-state index contributed by atoms with van der Waals surface area (Å²) in [7, 11) is 1.62. The lowest BCUT2D eigenvalue weighted by atomic mass is 10.1. The fourth-order valence-corrected chi connectivity index (χ4v) is 2.52. The second kappa shape index (κ2) is 8.33. The predicted octanol–water partition coefficient (Wildman–Crippen LogP) is 1.84. The average molecular weight is 317 g/mol. The summed E-state index contributed by atoms with van der Waals surface area (Å²) in [4.78, 5) is 25.0. The molecule has 1 atom stereocenters. The molecule has 0 aliphatic carbocycles. The van der Waals surface area contributed by atoms with E-state index in [2.05, 4.69) is 17.2 Å². The van der Waals surface area contributed by atoms with Crippen LogP contribution >= 0.6 is 0 Å². The number of amides is 3. The zero-order valence-corrected chi connectivity index (χ0v) is 13.4. The van der Waals surface area contributed by atoms with E-state index in [1.54, 1.807) is 13.2 Å². The third-order valence-corrected chi connectivity index (χ3v) is 3.80. The molecule has 2 rings (SSSR count). The minimum atomic E-state index is -0.327. The molecule has 1 aromatic carbocycles. The maximum Gasteiger partial charge on any atom is 0.324 e. The first kappa shape index (κ1) is 17.0. The van der Waals surface area contributed by atoms with Gasteiger partial charge >= 0.3 is 6.03 Å². The Bertz CT molecular complexity index is 557. The minimum absolute atomic E-state index is 0.0689. The zero-order chi connectivity index (χ0) is 16.7. The van der Waals surface area contributed by atoms with Gasteiger partial charge in [0.2, 0.25) is 5.91 Å². The van der Waals surface area contributed by atoms with Crippen LogP contribution in [-0.4, -0.2) is 43.6 Å². The minimum Gasteiger partial charge on any atom is -0.497 e. The highest BCUT2D eigenvalue weighted by Crippen LogP contribution is 2.17. The first-order valence-corrected chi connectivity index (χ1v) is 7.72. The molecule has 1 saturated heterocycles. The molecule has 0 spiro atoms. The van der Waals surface area contributed by atoms with Gasteiger partial charge in [-0.3, -0.25) is 9.69 Å². The topological polar surface area (TPSA) is 70.7 Å². The van der Waals surface area contributed by atoms with Gasteiger partial charge in [-0.05, 0) is 24.1 Å². The highest BCUT2D eigenvalue weighted by Gasteiger charge is 2.26. The molecule has 124 valence electrons. The second-order valence-electron chi connectivity index (χ2n) is 5.36. The van der Waals surface area contributed by atoms with Crippen LogP contribution in [0.25, 0.3) is 0 Å². The van der Waals surface area contributed by atoms with Crippen LogP contribution in [-0.2, 0) is 4.79 Å². The number of benzene rings is 1. The van der Waals surface area contributed by atoms with Gasteiger partial charge in [-0.25, -0.2) is 4.79 Å². The predicted molar refractivity (Wildman–Crippen MR) is 88.3 cm³/mol. The smallest absolute Gasteiger partial charge is 0.324 e. The van der Waals surface area contributed by atoms with Crippen LogP contribution < -0.4 is 15.4 Å². The van der Waals surface area contributed by atoms with Crippen molar-refractivity contribution in [1.29, 1.82) is 0 Å². The summed E-state index contributed by atoms with van der Waals surface area (Å²) in [6.07, 6.45) is 2.95. The summed E-state index contributed by atoms with van der Waals surface area (Å²) >= 11 is 0. The molecule has 0 radical (unpaired) electrons. The number of carbonyl (C=O) groups excluding carboxylic acids is 2. The molecule has 0 bridgehead atoms. The molecule has 3 amide bonds. The summed E-state index contributed by atoms with van der Waals surface area (Å²) in [6, 6.07) is 7.26. The van der Waals surface area contributed by atoms with Gasteiger partial charge in [0, 0.05) is 32.1 Å². The summed E-state index contributed by atoms with van der Waals surface area (Å²) in [5.41, 5.74) is 1.03. The molecular weight excluding hydrogens is 294 g/mol. The van der Waals surface area contributed by atoms with Gasteiger partial charge in [0.25, 0.3) is 0 Å². The highest BCUT2D eigenvalue weighted by molar-refractivity contribution is 5.95. The maximum absolute atomic E-state index is 12.1. The number of nitrogens with one attached hydrogen (secondary N) is 2. The van der Waals surface area contributed by atoms with E-state index in [9.17, 15) is 9.59 Å². The third kappa shape index (κ3) is 4.56. The van der Waals surface area contributed by atoms with E-state index in [0.29, 0.717) is 26.1 Å². The summed E-state index contributed by atoms with van der Waals surface area (Å²) in [6.45, 7) is 5.21. The van der Waals surface area contributed by atoms with Crippen molar-refractivity contribution < 1.29 is 14.3 Å². The number of ether oxygens (including phenoxy) is 1. The lowest BCUT2D eigenvalue weighted by Gasteiger charge is -2.21. The molecule has 1 aliphatic heterocycles. The standard InChI is InChI=1S/C17H23N3O3/c1-3-10-18-15(13-6-8-14(23-2)9-7-13)12-19-17(22)20-11-4-5-16(20)21/h3,6-9,15,18H,1,4-5,10-12H2,2H3,(H,19,22). The first-order valence-electron chi connectivity index (χ1n) is 7.72. The molecule has 1 heterocycles. The Morgan fingerprint density at radius 1 is 1.43 bits per heavy atom. The fourth-order valence-electron chi connectivity index (χ4n) is 2.52. The Hall–Kier alpha value is -2.34. The van der Waals surface area contributed by atoms with Gasteiger partial charge in [-0.15, -0.1) is 6.58 Å². The summed E-state index contributed by atoms with van der Waals surface area (Å²) in [5, 5.41) is 6.13. The van der Waals surface area contributed by atoms with E-state index < -0.39 is 0 Å². The van der Waals surface area contributed by atoms with Crippen molar-refractivity contribution in [3.05, 3.63) is 42.5 Å². The SMILES string of the molecule is C=CCNC(CNC(=O)N1CCCC1=O)c1ccc(OC)cc1. The van der Waals surface area contributed by atoms with Crippen LogP contribution in [0.1, 0.15) is 24.4 Å². The molecule has 1 unspecified atom stereocenters. The van der Waals surface area contributed by atoms with Crippen molar-refractivity contribution in [1.82, 2.24) is 15.5 Å². The van der Waals surface area contributed by atoms with E-state index in [1.165, 1.54) is 4.90 Å². The van der Waals surface area contributed by atoms with Crippen LogP contribution in [0.2, 0.25) is 0 Å². The number of imide groups is 1. The molecular formula is C17H23N3O3. The van der Waals surface area contributed by atoms with Crippen molar-refractivity contribution in [3.8, 4) is 5.75 Å². The number of likely N-dealkylation sites (tertiary alicyclic amines) is 1. The second-order valence-corrected chi connectivity index (χ2v) is 5.36. The van der Waals surface area contributed by atoms with Gasteiger partial charge in [-0.1, -0.05) is 18.2 Å².